The number of hydrogen-bond donors (Lipinski definition) is 2. The predicted octanol–water partition coefficient (Wildman–Crippen LogP) is 1.64. The molecule has 0 saturated carbocycles. The fourth-order valence-electron chi connectivity index (χ4n) is 1.65. The monoisotopic (exact) mass is 231 g/mol. The second kappa shape index (κ2) is 3.86. The van der Waals surface area contributed by atoms with Gasteiger partial charge in [0.25, 0.3) is 5.78 Å². The van der Waals surface area contributed by atoms with E-state index in [1.54, 1.807) is 18.2 Å². The van der Waals surface area contributed by atoms with Gasteiger partial charge in [-0.2, -0.15) is 0 Å². The van der Waals surface area contributed by atoms with Crippen molar-refractivity contribution in [3.8, 4) is 0 Å². The summed E-state index contributed by atoms with van der Waals surface area (Å²) >= 11 is 0. The Morgan fingerprint density at radius 1 is 1.24 bits per heavy atom. The Hall–Kier alpha value is -2.43. The molecule has 86 valence electrons. The number of aromatic nitrogens is 1. The number of carboxylic acid groups (broad SMARTS) is 1. The SMILES string of the molecule is CC(=O)c1ccc2c(C(=O)C(=O)O)c[nH]c2c1. The van der Waals surface area contributed by atoms with Gasteiger partial charge in [-0.25, -0.2) is 4.79 Å². The summed E-state index contributed by atoms with van der Waals surface area (Å²) in [6.45, 7) is 1.44. The zero-order valence-corrected chi connectivity index (χ0v) is 8.98. The van der Waals surface area contributed by atoms with Crippen LogP contribution in [0, 0.1) is 0 Å². The van der Waals surface area contributed by atoms with Crippen molar-refractivity contribution in [2.45, 2.75) is 6.92 Å². The molecule has 1 heterocycles. The summed E-state index contributed by atoms with van der Waals surface area (Å²) in [6.07, 6.45) is 1.34. The standard InChI is InChI=1S/C12H9NO4/c1-6(14)7-2-3-8-9(11(15)12(16)17)5-13-10(8)4-7/h2-5,13H,1H3,(H,16,17). The van der Waals surface area contributed by atoms with Crippen molar-refractivity contribution in [2.75, 3.05) is 0 Å². The molecule has 5 nitrogen and oxygen atoms in total. The Labute approximate surface area is 96.1 Å². The van der Waals surface area contributed by atoms with Crippen LogP contribution in [-0.4, -0.2) is 27.6 Å². The summed E-state index contributed by atoms with van der Waals surface area (Å²) in [5.41, 5.74) is 1.18. The number of H-pyrrole nitrogens is 1. The minimum Gasteiger partial charge on any atom is -0.475 e. The summed E-state index contributed by atoms with van der Waals surface area (Å²) in [6, 6.07) is 4.73. The van der Waals surface area contributed by atoms with Crippen LogP contribution in [0.3, 0.4) is 0 Å². The molecule has 0 aliphatic heterocycles. The van der Waals surface area contributed by atoms with E-state index in [9.17, 15) is 14.4 Å². The molecule has 0 radical (unpaired) electrons. The van der Waals surface area contributed by atoms with Gasteiger partial charge in [-0.05, 0) is 13.0 Å². The number of ketones is 2. The number of carbonyl (C=O) groups excluding carboxylic acids is 2. The van der Waals surface area contributed by atoms with Gasteiger partial charge in [0.15, 0.2) is 5.78 Å². The van der Waals surface area contributed by atoms with Crippen LogP contribution < -0.4 is 0 Å². The zero-order valence-electron chi connectivity index (χ0n) is 8.98. The summed E-state index contributed by atoms with van der Waals surface area (Å²) < 4.78 is 0. The van der Waals surface area contributed by atoms with Gasteiger partial charge >= 0.3 is 5.97 Å². The predicted molar refractivity (Wildman–Crippen MR) is 60.3 cm³/mol. The Morgan fingerprint density at radius 3 is 2.53 bits per heavy atom. The molecule has 5 heteroatoms. The maximum absolute atomic E-state index is 11.4. The van der Waals surface area contributed by atoms with Crippen LogP contribution in [0.4, 0.5) is 0 Å². The van der Waals surface area contributed by atoms with E-state index in [2.05, 4.69) is 4.98 Å². The van der Waals surface area contributed by atoms with Crippen LogP contribution >= 0.6 is 0 Å². The summed E-state index contributed by atoms with van der Waals surface area (Å²) in [5, 5.41) is 9.14. The first-order valence-electron chi connectivity index (χ1n) is 4.90. The Kier molecular flexibility index (Phi) is 2.51. The topological polar surface area (TPSA) is 87.2 Å². The number of fused-ring (bicyclic) bond motifs is 1. The van der Waals surface area contributed by atoms with Crippen molar-refractivity contribution in [2.24, 2.45) is 0 Å². The third-order valence-corrected chi connectivity index (χ3v) is 2.53. The van der Waals surface area contributed by atoms with Gasteiger partial charge < -0.3 is 10.1 Å². The van der Waals surface area contributed by atoms with Gasteiger partial charge in [0.1, 0.15) is 0 Å². The molecule has 1 aromatic carbocycles. The highest BCUT2D eigenvalue weighted by Crippen LogP contribution is 2.20. The van der Waals surface area contributed by atoms with E-state index in [1.807, 2.05) is 0 Å². The molecule has 2 N–H and O–H groups in total. The highest BCUT2D eigenvalue weighted by molar-refractivity contribution is 6.42. The van der Waals surface area contributed by atoms with E-state index in [0.717, 1.165) is 0 Å². The smallest absolute Gasteiger partial charge is 0.377 e. The highest BCUT2D eigenvalue weighted by Gasteiger charge is 2.18. The summed E-state index contributed by atoms with van der Waals surface area (Å²) in [7, 11) is 0. The molecule has 0 atom stereocenters. The number of Topliss-reactive ketones (excluding diaryl/α,β-unsaturated/α-hetero) is 2. The third kappa shape index (κ3) is 1.82. The van der Waals surface area contributed by atoms with E-state index in [-0.39, 0.29) is 11.3 Å². The zero-order chi connectivity index (χ0) is 12.6. The molecule has 1 aromatic heterocycles. The molecule has 0 saturated heterocycles. The van der Waals surface area contributed by atoms with E-state index in [4.69, 9.17) is 5.11 Å². The fourth-order valence-corrected chi connectivity index (χ4v) is 1.65. The number of hydrogen-bond acceptors (Lipinski definition) is 3. The van der Waals surface area contributed by atoms with Crippen molar-refractivity contribution in [3.63, 3.8) is 0 Å². The molecule has 17 heavy (non-hydrogen) atoms. The number of nitrogens with one attached hydrogen (secondary N) is 1. The van der Waals surface area contributed by atoms with Crippen LogP contribution in [0.25, 0.3) is 10.9 Å². The Balaban J connectivity index is 2.60. The van der Waals surface area contributed by atoms with Crippen LogP contribution in [0.15, 0.2) is 24.4 Å². The molecule has 0 unspecified atom stereocenters. The molecular formula is C12H9NO4. The van der Waals surface area contributed by atoms with Crippen molar-refractivity contribution in [1.29, 1.82) is 0 Å². The number of benzene rings is 1. The van der Waals surface area contributed by atoms with Gasteiger partial charge in [0, 0.05) is 22.7 Å². The summed E-state index contributed by atoms with van der Waals surface area (Å²) in [4.78, 5) is 35.9. The van der Waals surface area contributed by atoms with Gasteiger partial charge in [-0.1, -0.05) is 12.1 Å². The molecule has 2 rings (SSSR count). The minimum atomic E-state index is -1.50. The maximum Gasteiger partial charge on any atom is 0.377 e. The lowest BCUT2D eigenvalue weighted by Gasteiger charge is -1.97. The van der Waals surface area contributed by atoms with Crippen molar-refractivity contribution >= 4 is 28.4 Å². The quantitative estimate of drug-likeness (QED) is 0.620. The number of rotatable bonds is 3. The lowest BCUT2D eigenvalue weighted by molar-refractivity contribution is -0.131. The maximum atomic E-state index is 11.4. The number of aromatic amines is 1. The normalized spacial score (nSPS) is 10.4. The number of carbonyl (C=O) groups is 3. The first kappa shape index (κ1) is 11.1. The van der Waals surface area contributed by atoms with Gasteiger partial charge in [0.2, 0.25) is 0 Å². The van der Waals surface area contributed by atoms with Crippen LogP contribution in [0.2, 0.25) is 0 Å². The molecule has 0 fully saturated rings. The average Bonchev–Trinajstić information content (AvgIpc) is 2.70. The Morgan fingerprint density at radius 2 is 1.94 bits per heavy atom. The average molecular weight is 231 g/mol. The second-order valence-electron chi connectivity index (χ2n) is 3.65. The van der Waals surface area contributed by atoms with E-state index >= 15 is 0 Å². The highest BCUT2D eigenvalue weighted by atomic mass is 16.4. The van der Waals surface area contributed by atoms with Crippen molar-refractivity contribution < 1.29 is 19.5 Å². The van der Waals surface area contributed by atoms with E-state index in [1.165, 1.54) is 13.1 Å². The molecule has 0 aliphatic rings. The lowest BCUT2D eigenvalue weighted by atomic mass is 10.1. The molecule has 0 amide bonds. The van der Waals surface area contributed by atoms with Gasteiger partial charge in [-0.3, -0.25) is 9.59 Å². The first-order chi connectivity index (χ1) is 8.00. The lowest BCUT2D eigenvalue weighted by Crippen LogP contribution is -2.11. The Bertz CT molecular complexity index is 639. The van der Waals surface area contributed by atoms with Crippen LogP contribution in [0.1, 0.15) is 27.6 Å². The van der Waals surface area contributed by atoms with Gasteiger partial charge in [0.05, 0.1) is 5.56 Å². The second-order valence-corrected chi connectivity index (χ2v) is 3.65. The van der Waals surface area contributed by atoms with Crippen LogP contribution in [-0.2, 0) is 4.79 Å². The molecule has 0 spiro atoms. The molecular weight excluding hydrogens is 222 g/mol. The third-order valence-electron chi connectivity index (χ3n) is 2.53. The summed E-state index contributed by atoms with van der Waals surface area (Å²) in [5.74, 6) is -2.55. The molecule has 2 aromatic rings. The van der Waals surface area contributed by atoms with Crippen molar-refractivity contribution in [1.82, 2.24) is 4.98 Å². The van der Waals surface area contributed by atoms with Crippen molar-refractivity contribution in [3.05, 3.63) is 35.5 Å². The fraction of sp³-hybridized carbons (Fsp3) is 0.0833. The van der Waals surface area contributed by atoms with Gasteiger partial charge in [-0.15, -0.1) is 0 Å². The number of carboxylic acids is 1. The largest absolute Gasteiger partial charge is 0.475 e. The van der Waals surface area contributed by atoms with E-state index in [0.29, 0.717) is 16.5 Å². The first-order valence-corrected chi connectivity index (χ1v) is 4.90. The van der Waals surface area contributed by atoms with E-state index < -0.39 is 11.8 Å². The number of aliphatic carboxylic acids is 1. The molecule has 0 bridgehead atoms. The molecule has 0 aliphatic carbocycles. The minimum absolute atomic E-state index is 0.0902. The van der Waals surface area contributed by atoms with Crippen LogP contribution in [0.5, 0.6) is 0 Å².